The quantitative estimate of drug-likeness (QED) is 0.905. The van der Waals surface area contributed by atoms with Crippen LogP contribution in [0.3, 0.4) is 0 Å². The van der Waals surface area contributed by atoms with E-state index >= 15 is 0 Å². The largest absolute Gasteiger partial charge is 0.493 e. The van der Waals surface area contributed by atoms with Crippen molar-refractivity contribution in [1.82, 2.24) is 0 Å². The maximum Gasteiger partial charge on any atom is 0.175 e. The van der Waals surface area contributed by atoms with Crippen LogP contribution in [0, 0.1) is 5.92 Å². The lowest BCUT2D eigenvalue weighted by Crippen LogP contribution is -2.09. The van der Waals surface area contributed by atoms with Gasteiger partial charge in [-0.05, 0) is 52.4 Å². The molecule has 100 valence electrons. The molecule has 2 N–H and O–H groups in total. The van der Waals surface area contributed by atoms with Crippen LogP contribution in [0.4, 0.5) is 0 Å². The van der Waals surface area contributed by atoms with E-state index in [1.807, 2.05) is 12.1 Å². The Kier molecular flexibility index (Phi) is 4.89. The molecular formula is C14H20BrNO2. The van der Waals surface area contributed by atoms with Gasteiger partial charge in [0.25, 0.3) is 0 Å². The number of halogens is 1. The van der Waals surface area contributed by atoms with E-state index < -0.39 is 0 Å². The highest BCUT2D eigenvalue weighted by Crippen LogP contribution is 2.37. The van der Waals surface area contributed by atoms with Crippen molar-refractivity contribution in [2.75, 3.05) is 13.7 Å². The molecule has 0 saturated heterocycles. The molecule has 2 rings (SSSR count). The lowest BCUT2D eigenvalue weighted by atomic mass is 10.1. The first-order chi connectivity index (χ1) is 8.74. The standard InChI is InChI=1S/C14H20BrNO2/c1-17-13-7-11(8-16)6-12(15)14(13)18-9-10-4-2-3-5-10/h6-7,10H,2-5,8-9,16H2,1H3. The van der Waals surface area contributed by atoms with Crippen molar-refractivity contribution in [2.24, 2.45) is 11.7 Å². The Bertz CT molecular complexity index is 403. The summed E-state index contributed by atoms with van der Waals surface area (Å²) in [5, 5.41) is 0. The summed E-state index contributed by atoms with van der Waals surface area (Å²) < 4.78 is 12.2. The Morgan fingerprint density at radius 1 is 1.33 bits per heavy atom. The number of hydrogen-bond acceptors (Lipinski definition) is 3. The number of benzene rings is 1. The van der Waals surface area contributed by atoms with Crippen LogP contribution in [0.25, 0.3) is 0 Å². The lowest BCUT2D eigenvalue weighted by molar-refractivity contribution is 0.239. The Hall–Kier alpha value is -0.740. The molecular weight excluding hydrogens is 294 g/mol. The van der Waals surface area contributed by atoms with E-state index in [0.717, 1.165) is 28.1 Å². The molecule has 0 unspecified atom stereocenters. The summed E-state index contributed by atoms with van der Waals surface area (Å²) in [6, 6.07) is 3.93. The van der Waals surface area contributed by atoms with Crippen LogP contribution in [0.1, 0.15) is 31.2 Å². The maximum absolute atomic E-state index is 5.93. The monoisotopic (exact) mass is 313 g/mol. The van der Waals surface area contributed by atoms with Crippen LogP contribution in [-0.4, -0.2) is 13.7 Å². The van der Waals surface area contributed by atoms with Gasteiger partial charge in [-0.25, -0.2) is 0 Å². The fraction of sp³-hybridized carbons (Fsp3) is 0.571. The molecule has 0 radical (unpaired) electrons. The third-order valence-corrected chi connectivity index (χ3v) is 4.05. The minimum atomic E-state index is 0.498. The van der Waals surface area contributed by atoms with Crippen molar-refractivity contribution in [2.45, 2.75) is 32.2 Å². The second-order valence-electron chi connectivity index (χ2n) is 4.77. The fourth-order valence-electron chi connectivity index (χ4n) is 2.41. The van der Waals surface area contributed by atoms with Gasteiger partial charge in [0.15, 0.2) is 11.5 Å². The van der Waals surface area contributed by atoms with Crippen molar-refractivity contribution in [3.63, 3.8) is 0 Å². The first-order valence-corrected chi connectivity index (χ1v) is 7.23. The first-order valence-electron chi connectivity index (χ1n) is 6.44. The Balaban J connectivity index is 2.10. The second-order valence-corrected chi connectivity index (χ2v) is 5.63. The van der Waals surface area contributed by atoms with Gasteiger partial charge in [-0.2, -0.15) is 0 Å². The molecule has 3 nitrogen and oxygen atoms in total. The van der Waals surface area contributed by atoms with Crippen LogP contribution >= 0.6 is 15.9 Å². The molecule has 0 aliphatic heterocycles. The molecule has 0 spiro atoms. The van der Waals surface area contributed by atoms with Crippen molar-refractivity contribution in [3.8, 4) is 11.5 Å². The summed E-state index contributed by atoms with van der Waals surface area (Å²) >= 11 is 3.53. The smallest absolute Gasteiger partial charge is 0.175 e. The first kappa shape index (κ1) is 13.7. The van der Waals surface area contributed by atoms with Crippen LogP contribution in [-0.2, 0) is 6.54 Å². The van der Waals surface area contributed by atoms with Crippen molar-refractivity contribution in [1.29, 1.82) is 0 Å². The van der Waals surface area contributed by atoms with Gasteiger partial charge in [0.2, 0.25) is 0 Å². The maximum atomic E-state index is 5.93. The molecule has 4 heteroatoms. The molecule has 1 aromatic rings. The summed E-state index contributed by atoms with van der Waals surface area (Å²) in [4.78, 5) is 0. The average Bonchev–Trinajstić information content (AvgIpc) is 2.89. The van der Waals surface area contributed by atoms with E-state index in [9.17, 15) is 0 Å². The SMILES string of the molecule is COc1cc(CN)cc(Br)c1OCC1CCCC1. The van der Waals surface area contributed by atoms with E-state index in [0.29, 0.717) is 12.5 Å². The zero-order valence-electron chi connectivity index (χ0n) is 10.7. The zero-order valence-corrected chi connectivity index (χ0v) is 12.3. The normalized spacial score (nSPS) is 15.9. The summed E-state index contributed by atoms with van der Waals surface area (Å²) in [6.07, 6.45) is 5.22. The summed E-state index contributed by atoms with van der Waals surface area (Å²) in [6.45, 7) is 1.27. The van der Waals surface area contributed by atoms with E-state index in [1.165, 1.54) is 25.7 Å². The van der Waals surface area contributed by atoms with Gasteiger partial charge in [0, 0.05) is 6.54 Å². The minimum Gasteiger partial charge on any atom is -0.493 e. The molecule has 1 saturated carbocycles. The minimum absolute atomic E-state index is 0.498. The third kappa shape index (κ3) is 3.18. The van der Waals surface area contributed by atoms with Gasteiger partial charge >= 0.3 is 0 Å². The summed E-state index contributed by atoms with van der Waals surface area (Å²) in [5.74, 6) is 2.24. The lowest BCUT2D eigenvalue weighted by Gasteiger charge is -2.16. The van der Waals surface area contributed by atoms with Crippen LogP contribution in [0.15, 0.2) is 16.6 Å². The molecule has 1 aliphatic carbocycles. The van der Waals surface area contributed by atoms with Gasteiger partial charge in [-0.3, -0.25) is 0 Å². The second kappa shape index (κ2) is 6.43. The van der Waals surface area contributed by atoms with Crippen molar-refractivity contribution >= 4 is 15.9 Å². The zero-order chi connectivity index (χ0) is 13.0. The molecule has 0 aromatic heterocycles. The van der Waals surface area contributed by atoms with Gasteiger partial charge in [-0.1, -0.05) is 12.8 Å². The number of nitrogens with two attached hydrogens (primary N) is 1. The number of methoxy groups -OCH3 is 1. The Morgan fingerprint density at radius 3 is 2.67 bits per heavy atom. The van der Waals surface area contributed by atoms with Crippen LogP contribution in [0.2, 0.25) is 0 Å². The predicted molar refractivity (Wildman–Crippen MR) is 76.0 cm³/mol. The number of hydrogen-bond donors (Lipinski definition) is 1. The summed E-state index contributed by atoms with van der Waals surface area (Å²) in [5.41, 5.74) is 6.68. The molecule has 0 atom stereocenters. The average molecular weight is 314 g/mol. The molecule has 0 bridgehead atoms. The van der Waals surface area contributed by atoms with Gasteiger partial charge in [-0.15, -0.1) is 0 Å². The van der Waals surface area contributed by atoms with Gasteiger partial charge in [0.05, 0.1) is 18.2 Å². The molecule has 1 fully saturated rings. The fourth-order valence-corrected chi connectivity index (χ4v) is 3.01. The molecule has 18 heavy (non-hydrogen) atoms. The molecule has 0 heterocycles. The number of rotatable bonds is 5. The van der Waals surface area contributed by atoms with E-state index in [1.54, 1.807) is 7.11 Å². The van der Waals surface area contributed by atoms with E-state index in [4.69, 9.17) is 15.2 Å². The highest BCUT2D eigenvalue weighted by Gasteiger charge is 2.18. The predicted octanol–water partition coefficient (Wildman–Crippen LogP) is 3.49. The van der Waals surface area contributed by atoms with Crippen molar-refractivity contribution < 1.29 is 9.47 Å². The Morgan fingerprint density at radius 2 is 2.06 bits per heavy atom. The molecule has 1 aliphatic rings. The van der Waals surface area contributed by atoms with Crippen LogP contribution < -0.4 is 15.2 Å². The Labute approximate surface area is 117 Å². The number of ether oxygens (including phenoxy) is 2. The van der Waals surface area contributed by atoms with E-state index in [-0.39, 0.29) is 0 Å². The van der Waals surface area contributed by atoms with Crippen LogP contribution in [0.5, 0.6) is 11.5 Å². The highest BCUT2D eigenvalue weighted by molar-refractivity contribution is 9.10. The third-order valence-electron chi connectivity index (χ3n) is 3.46. The molecule has 1 aromatic carbocycles. The van der Waals surface area contributed by atoms with E-state index in [2.05, 4.69) is 15.9 Å². The summed E-state index contributed by atoms with van der Waals surface area (Å²) in [7, 11) is 1.66. The van der Waals surface area contributed by atoms with Crippen molar-refractivity contribution in [3.05, 3.63) is 22.2 Å². The topological polar surface area (TPSA) is 44.5 Å². The molecule has 0 amide bonds. The van der Waals surface area contributed by atoms with Gasteiger partial charge in [0.1, 0.15) is 0 Å². The van der Waals surface area contributed by atoms with Gasteiger partial charge < -0.3 is 15.2 Å². The highest BCUT2D eigenvalue weighted by atomic mass is 79.9.